The Kier molecular flexibility index (Phi) is 4.17. The summed E-state index contributed by atoms with van der Waals surface area (Å²) in [6.07, 6.45) is 7.51. The van der Waals surface area contributed by atoms with Crippen LogP contribution in [0.4, 0.5) is 0 Å². The number of ether oxygens (including phenoxy) is 3. The molecule has 0 aromatic rings. The van der Waals surface area contributed by atoms with E-state index in [-0.39, 0.29) is 22.7 Å². The fourth-order valence-corrected chi connectivity index (χ4v) is 10.9. The van der Waals surface area contributed by atoms with Crippen molar-refractivity contribution in [1.29, 1.82) is 0 Å². The van der Waals surface area contributed by atoms with Crippen LogP contribution in [0.5, 0.6) is 0 Å². The maximum absolute atomic E-state index is 11.5. The summed E-state index contributed by atoms with van der Waals surface area (Å²) < 4.78 is 19.7. The minimum absolute atomic E-state index is 0.0193. The van der Waals surface area contributed by atoms with Crippen molar-refractivity contribution in [3.63, 3.8) is 0 Å². The van der Waals surface area contributed by atoms with Gasteiger partial charge in [0.15, 0.2) is 5.79 Å². The van der Waals surface area contributed by atoms with E-state index in [9.17, 15) is 10.2 Å². The Bertz CT molecular complexity index is 804. The van der Waals surface area contributed by atoms with Gasteiger partial charge in [-0.15, -0.1) is 0 Å². The molecule has 0 radical (unpaired) electrons. The van der Waals surface area contributed by atoms with Gasteiger partial charge in [0.25, 0.3) is 0 Å². The second kappa shape index (κ2) is 6.32. The van der Waals surface area contributed by atoms with Gasteiger partial charge in [-0.3, -0.25) is 0 Å². The first-order chi connectivity index (χ1) is 15.1. The molecule has 3 saturated carbocycles. The predicted octanol–water partition coefficient (Wildman–Crippen LogP) is 3.90. The Morgan fingerprint density at radius 3 is 2.41 bits per heavy atom. The number of aliphatic hydroxyl groups excluding tert-OH is 2. The number of aliphatic hydroxyl groups is 2. The molecule has 3 aliphatic carbocycles. The van der Waals surface area contributed by atoms with E-state index in [4.69, 9.17) is 14.2 Å². The monoisotopic (exact) mass is 446 g/mol. The fourth-order valence-electron chi connectivity index (χ4n) is 10.9. The van der Waals surface area contributed by atoms with Crippen LogP contribution in [0.2, 0.25) is 0 Å². The highest BCUT2D eigenvalue weighted by atomic mass is 16.7. The SMILES string of the molecule is C[C@@H]1CC[C@@]2(OC1)O[C@H]1C[C@H]3[C@@H]4C[C@@H](O)[C@@]56C[C@@H](O)[C@@H](C[C@]5(C)[C@H]4CC[C@]3(C)[C@H]1[C@@H]2C)O6. The summed E-state index contributed by atoms with van der Waals surface area (Å²) in [7, 11) is 0. The molecule has 5 heteroatoms. The lowest BCUT2D eigenvalue weighted by molar-refractivity contribution is -0.274. The lowest BCUT2D eigenvalue weighted by Crippen LogP contribution is -2.65. The zero-order valence-electron chi connectivity index (χ0n) is 20.3. The van der Waals surface area contributed by atoms with E-state index >= 15 is 0 Å². The highest BCUT2D eigenvalue weighted by Gasteiger charge is 2.76. The zero-order valence-corrected chi connectivity index (χ0v) is 20.3. The van der Waals surface area contributed by atoms with Crippen molar-refractivity contribution in [1.82, 2.24) is 0 Å². The minimum Gasteiger partial charge on any atom is -0.390 e. The van der Waals surface area contributed by atoms with E-state index in [0.29, 0.717) is 48.0 Å². The van der Waals surface area contributed by atoms with Gasteiger partial charge >= 0.3 is 0 Å². The first-order valence-electron chi connectivity index (χ1n) is 13.5. The molecule has 4 saturated heterocycles. The van der Waals surface area contributed by atoms with Crippen LogP contribution in [0.15, 0.2) is 0 Å². The molecule has 32 heavy (non-hydrogen) atoms. The van der Waals surface area contributed by atoms with Crippen LogP contribution in [0.3, 0.4) is 0 Å². The van der Waals surface area contributed by atoms with E-state index in [1.807, 2.05) is 0 Å². The van der Waals surface area contributed by atoms with Crippen molar-refractivity contribution >= 4 is 0 Å². The Balaban J connectivity index is 1.19. The number of hydrogen-bond donors (Lipinski definition) is 2. The number of rotatable bonds is 0. The molecule has 14 atom stereocenters. The molecular weight excluding hydrogens is 404 g/mol. The van der Waals surface area contributed by atoms with Crippen LogP contribution >= 0.6 is 0 Å². The van der Waals surface area contributed by atoms with Crippen LogP contribution in [0.25, 0.3) is 0 Å². The third kappa shape index (κ3) is 2.25. The largest absolute Gasteiger partial charge is 0.390 e. The third-order valence-electron chi connectivity index (χ3n) is 12.5. The van der Waals surface area contributed by atoms with Gasteiger partial charge in [0.1, 0.15) is 5.60 Å². The highest BCUT2D eigenvalue weighted by molar-refractivity contribution is 5.24. The molecule has 7 rings (SSSR count). The van der Waals surface area contributed by atoms with Crippen LogP contribution in [-0.2, 0) is 14.2 Å². The molecule has 180 valence electrons. The van der Waals surface area contributed by atoms with Crippen LogP contribution in [0, 0.1) is 46.3 Å². The van der Waals surface area contributed by atoms with Crippen LogP contribution in [-0.4, -0.2) is 52.6 Å². The molecule has 2 bridgehead atoms. The maximum Gasteiger partial charge on any atom is 0.171 e. The second-order valence-corrected chi connectivity index (χ2v) is 13.6. The summed E-state index contributed by atoms with van der Waals surface area (Å²) in [5, 5.41) is 22.0. The standard InChI is InChI=1S/C27H42O5/c1-14-5-8-27(30-13-14)15(2)23-20(32-27)10-18-16-9-22(29)26-11-19(28)21(31-26)12-25(26,4)17(16)6-7-24(18,23)3/h14-23,28-29H,5-13H2,1-4H3/t14-,15+,16-,17+,18+,19-,20+,21-,22-,23+,24+,25-,26+,27-/m1/s1. The van der Waals surface area contributed by atoms with E-state index in [0.717, 1.165) is 32.3 Å². The van der Waals surface area contributed by atoms with Crippen molar-refractivity contribution < 1.29 is 24.4 Å². The number of fused-ring (bicyclic) bond motifs is 7. The summed E-state index contributed by atoms with van der Waals surface area (Å²) in [5.41, 5.74) is -0.282. The average molecular weight is 447 g/mol. The number of hydrogen-bond acceptors (Lipinski definition) is 5. The summed E-state index contributed by atoms with van der Waals surface area (Å²) in [5.74, 6) is 2.98. The first-order valence-corrected chi connectivity index (χ1v) is 13.5. The fraction of sp³-hybridized carbons (Fsp3) is 1.00. The smallest absolute Gasteiger partial charge is 0.171 e. The molecule has 0 aromatic carbocycles. The van der Waals surface area contributed by atoms with E-state index in [1.165, 1.54) is 19.3 Å². The predicted molar refractivity (Wildman–Crippen MR) is 119 cm³/mol. The van der Waals surface area contributed by atoms with Gasteiger partial charge in [-0.25, -0.2) is 0 Å². The normalized spacial score (nSPS) is 67.3. The van der Waals surface area contributed by atoms with Crippen molar-refractivity contribution in [2.45, 2.75) is 115 Å². The van der Waals surface area contributed by atoms with Crippen molar-refractivity contribution in [2.24, 2.45) is 46.3 Å². The topological polar surface area (TPSA) is 68.2 Å². The lowest BCUT2D eigenvalue weighted by atomic mass is 9.43. The van der Waals surface area contributed by atoms with E-state index in [2.05, 4.69) is 27.7 Å². The summed E-state index contributed by atoms with van der Waals surface area (Å²) >= 11 is 0. The molecule has 0 amide bonds. The van der Waals surface area contributed by atoms with Gasteiger partial charge in [-0.1, -0.05) is 27.7 Å². The van der Waals surface area contributed by atoms with E-state index < -0.39 is 17.8 Å². The molecule has 2 N–H and O–H groups in total. The van der Waals surface area contributed by atoms with Gasteiger partial charge in [0.2, 0.25) is 0 Å². The van der Waals surface area contributed by atoms with Crippen LogP contribution < -0.4 is 0 Å². The molecule has 5 nitrogen and oxygen atoms in total. The summed E-state index contributed by atoms with van der Waals surface area (Å²) in [6, 6.07) is 0. The minimum atomic E-state index is -0.527. The van der Waals surface area contributed by atoms with Gasteiger partial charge < -0.3 is 24.4 Å². The quantitative estimate of drug-likeness (QED) is 0.591. The Morgan fingerprint density at radius 1 is 0.875 bits per heavy atom. The molecule has 2 spiro atoms. The average Bonchev–Trinajstić information content (AvgIpc) is 3.41. The molecule has 7 fully saturated rings. The van der Waals surface area contributed by atoms with Gasteiger partial charge in [0.05, 0.1) is 31.0 Å². The Labute approximate surface area is 192 Å². The molecule has 0 unspecified atom stereocenters. The molecule has 7 aliphatic rings. The van der Waals surface area contributed by atoms with Gasteiger partial charge in [-0.2, -0.15) is 0 Å². The Morgan fingerprint density at radius 2 is 1.69 bits per heavy atom. The summed E-state index contributed by atoms with van der Waals surface area (Å²) in [6.45, 7) is 10.4. The van der Waals surface area contributed by atoms with Gasteiger partial charge in [0, 0.05) is 24.2 Å². The highest BCUT2D eigenvalue weighted by Crippen LogP contribution is 2.74. The molecule has 0 aromatic heterocycles. The molecule has 4 heterocycles. The van der Waals surface area contributed by atoms with Crippen molar-refractivity contribution in [3.05, 3.63) is 0 Å². The summed E-state index contributed by atoms with van der Waals surface area (Å²) in [4.78, 5) is 0. The van der Waals surface area contributed by atoms with Gasteiger partial charge in [-0.05, 0) is 73.5 Å². The van der Waals surface area contributed by atoms with Crippen molar-refractivity contribution in [2.75, 3.05) is 6.61 Å². The van der Waals surface area contributed by atoms with Crippen molar-refractivity contribution in [3.8, 4) is 0 Å². The zero-order chi connectivity index (χ0) is 22.3. The van der Waals surface area contributed by atoms with Crippen LogP contribution in [0.1, 0.15) is 79.1 Å². The van der Waals surface area contributed by atoms with E-state index in [1.54, 1.807) is 0 Å². The molecule has 4 aliphatic heterocycles. The first kappa shape index (κ1) is 21.1. The lowest BCUT2D eigenvalue weighted by Gasteiger charge is -2.62. The maximum atomic E-state index is 11.5. The third-order valence-corrected chi connectivity index (χ3v) is 12.5. The Hall–Kier alpha value is -0.200. The molecular formula is C27H42O5. The second-order valence-electron chi connectivity index (χ2n) is 13.6.